The number of nitrogens with zero attached hydrogens (tertiary/aromatic N) is 4. The number of imidazole rings is 1. The van der Waals surface area contributed by atoms with E-state index in [2.05, 4.69) is 4.98 Å². The van der Waals surface area contributed by atoms with Crippen LogP contribution in [0, 0.1) is 6.92 Å². The number of anilines is 1. The van der Waals surface area contributed by atoms with Gasteiger partial charge in [-0.05, 0) is 37.3 Å². The van der Waals surface area contributed by atoms with E-state index in [0.29, 0.717) is 40.8 Å². The van der Waals surface area contributed by atoms with Crippen LogP contribution in [-0.2, 0) is 20.0 Å². The Morgan fingerprint density at radius 2 is 1.77 bits per heavy atom. The molecule has 0 atom stereocenters. The molecule has 0 unspecified atom stereocenters. The van der Waals surface area contributed by atoms with Gasteiger partial charge in [-0.25, -0.2) is 14.3 Å². The lowest BCUT2D eigenvalue weighted by Gasteiger charge is -2.24. The van der Waals surface area contributed by atoms with Gasteiger partial charge in [0.1, 0.15) is 12.4 Å². The molecular weight excluding hydrogens is 516 g/mol. The minimum absolute atomic E-state index is 0.0748. The smallest absolute Gasteiger partial charge is 0.335 e. The molecule has 2 aromatic heterocycles. The number of benzene rings is 2. The number of hydrogen-bond donors (Lipinski definition) is 0. The Hall–Kier alpha value is -3.89. The Balaban J connectivity index is 1.62. The van der Waals surface area contributed by atoms with Gasteiger partial charge in [0.05, 0.1) is 29.9 Å². The molecule has 2 heterocycles. The quantitative estimate of drug-likeness (QED) is 0.130. The molecule has 0 saturated carbocycles. The van der Waals surface area contributed by atoms with Crippen molar-refractivity contribution < 1.29 is 23.8 Å². The third-order valence-corrected chi connectivity index (χ3v) is 6.94. The highest BCUT2D eigenvalue weighted by molar-refractivity contribution is 7.98. The summed E-state index contributed by atoms with van der Waals surface area (Å²) >= 11 is 1.43. The van der Waals surface area contributed by atoms with Gasteiger partial charge < -0.3 is 14.2 Å². The first-order chi connectivity index (χ1) is 19.0. The second kappa shape index (κ2) is 13.8. The number of pyridine rings is 1. The number of carbonyl (C=O) groups excluding carboxylic acids is 2. The van der Waals surface area contributed by atoms with Crippen molar-refractivity contribution in [1.82, 2.24) is 14.5 Å². The van der Waals surface area contributed by atoms with Crippen molar-refractivity contribution in [2.24, 2.45) is 0 Å². The molecule has 2 aromatic carbocycles. The Kier molecular flexibility index (Phi) is 9.93. The van der Waals surface area contributed by atoms with E-state index < -0.39 is 5.97 Å². The predicted molar refractivity (Wildman–Crippen MR) is 151 cm³/mol. The lowest BCUT2D eigenvalue weighted by atomic mass is 10.2. The molecule has 204 valence electrons. The molecule has 0 N–H and O–H groups in total. The van der Waals surface area contributed by atoms with Gasteiger partial charge in [0, 0.05) is 50.3 Å². The summed E-state index contributed by atoms with van der Waals surface area (Å²) in [4.78, 5) is 36.4. The van der Waals surface area contributed by atoms with Gasteiger partial charge in [-0.2, -0.15) is 0 Å². The fourth-order valence-corrected chi connectivity index (χ4v) is 5.03. The number of para-hydroxylation sites is 3. The maximum atomic E-state index is 14.1. The maximum absolute atomic E-state index is 14.1. The highest BCUT2D eigenvalue weighted by Crippen LogP contribution is 2.30. The second-order valence-electron chi connectivity index (χ2n) is 8.69. The van der Waals surface area contributed by atoms with Crippen LogP contribution in [0.2, 0.25) is 0 Å². The number of rotatable bonds is 12. The van der Waals surface area contributed by atoms with E-state index in [0.717, 1.165) is 23.4 Å². The zero-order chi connectivity index (χ0) is 27.6. The van der Waals surface area contributed by atoms with Gasteiger partial charge in [-0.1, -0.05) is 42.1 Å². The van der Waals surface area contributed by atoms with Crippen molar-refractivity contribution in [3.8, 4) is 5.75 Å². The Morgan fingerprint density at radius 1 is 1.00 bits per heavy atom. The summed E-state index contributed by atoms with van der Waals surface area (Å²) in [5, 5.41) is 0.544. The van der Waals surface area contributed by atoms with E-state index in [4.69, 9.17) is 19.2 Å². The summed E-state index contributed by atoms with van der Waals surface area (Å²) in [6.45, 7) is 4.79. The van der Waals surface area contributed by atoms with Crippen molar-refractivity contribution in [2.45, 2.75) is 31.2 Å². The Labute approximate surface area is 232 Å². The molecule has 0 aliphatic rings. The summed E-state index contributed by atoms with van der Waals surface area (Å²) in [7, 11) is 1.67. The van der Waals surface area contributed by atoms with Crippen LogP contribution < -0.4 is 9.64 Å². The molecule has 39 heavy (non-hydrogen) atoms. The summed E-state index contributed by atoms with van der Waals surface area (Å²) in [5.41, 5.74) is 3.90. The molecular formula is C29H32N4O5S. The van der Waals surface area contributed by atoms with Gasteiger partial charge in [0.2, 0.25) is 0 Å². The number of fused-ring (bicyclic) bond motifs is 1. The average Bonchev–Trinajstić information content (AvgIpc) is 3.32. The van der Waals surface area contributed by atoms with Crippen LogP contribution >= 0.6 is 11.8 Å². The van der Waals surface area contributed by atoms with Crippen molar-refractivity contribution in [3.05, 3.63) is 78.1 Å². The highest BCUT2D eigenvalue weighted by Gasteiger charge is 2.24. The van der Waals surface area contributed by atoms with Crippen LogP contribution in [0.3, 0.4) is 0 Å². The zero-order valence-electron chi connectivity index (χ0n) is 22.3. The molecule has 9 nitrogen and oxygen atoms in total. The predicted octanol–water partition coefficient (Wildman–Crippen LogP) is 5.49. The summed E-state index contributed by atoms with van der Waals surface area (Å²) < 4.78 is 17.8. The molecule has 0 aliphatic heterocycles. The normalized spacial score (nSPS) is 10.9. The van der Waals surface area contributed by atoms with E-state index in [-0.39, 0.29) is 19.2 Å². The minimum Gasteiger partial charge on any atom is -0.493 e. The summed E-state index contributed by atoms with van der Waals surface area (Å²) in [6, 6.07) is 18.4. The summed E-state index contributed by atoms with van der Waals surface area (Å²) in [6.07, 6.45) is 2.53. The van der Waals surface area contributed by atoms with Crippen molar-refractivity contribution in [1.29, 1.82) is 0 Å². The molecule has 0 bridgehead atoms. The van der Waals surface area contributed by atoms with E-state index in [9.17, 15) is 9.59 Å². The van der Waals surface area contributed by atoms with Crippen LogP contribution in [0.15, 0.2) is 72.0 Å². The zero-order valence-corrected chi connectivity index (χ0v) is 23.1. The van der Waals surface area contributed by atoms with E-state index >= 15 is 0 Å². The van der Waals surface area contributed by atoms with Crippen LogP contribution in [-0.4, -0.2) is 60.0 Å². The fraction of sp³-hybridized carbons (Fsp3) is 0.310. The van der Waals surface area contributed by atoms with Gasteiger partial charge in [0.25, 0.3) is 0 Å². The number of hydrogen-bond acceptors (Lipinski definition) is 8. The molecule has 0 fully saturated rings. The van der Waals surface area contributed by atoms with Crippen LogP contribution in [0.4, 0.5) is 10.5 Å². The number of amides is 1. The molecule has 0 saturated heterocycles. The van der Waals surface area contributed by atoms with Gasteiger partial charge in [-0.15, -0.1) is 0 Å². The highest BCUT2D eigenvalue weighted by atomic mass is 32.2. The SMILES string of the molecule is COCCCOc1ccnc(CSc2nc3ccccc3n2C(=O)N(CCOC(C)=O)c2ccccc2)c1C. The number of esters is 1. The maximum Gasteiger partial charge on any atom is 0.335 e. The lowest BCUT2D eigenvalue weighted by molar-refractivity contribution is -0.140. The Bertz CT molecular complexity index is 1410. The average molecular weight is 549 g/mol. The molecule has 0 spiro atoms. The monoisotopic (exact) mass is 548 g/mol. The van der Waals surface area contributed by atoms with Crippen molar-refractivity contribution in [2.75, 3.05) is 38.4 Å². The third-order valence-electron chi connectivity index (χ3n) is 5.99. The third kappa shape index (κ3) is 7.15. The minimum atomic E-state index is -0.396. The number of methoxy groups -OCH3 is 1. The number of aromatic nitrogens is 3. The van der Waals surface area contributed by atoms with Crippen LogP contribution in [0.25, 0.3) is 11.0 Å². The lowest BCUT2D eigenvalue weighted by Crippen LogP contribution is -2.37. The first-order valence-electron chi connectivity index (χ1n) is 12.7. The number of carbonyl (C=O) groups is 2. The second-order valence-corrected chi connectivity index (χ2v) is 9.64. The van der Waals surface area contributed by atoms with E-state index in [1.807, 2.05) is 67.6 Å². The van der Waals surface area contributed by atoms with E-state index in [1.54, 1.807) is 22.8 Å². The standard InChI is InChI=1S/C29H32N4O5S/c1-21-25(30-15-14-27(21)38-18-9-17-36-3)20-39-28-31-24-12-7-8-13-26(24)33(28)29(35)32(16-19-37-22(2)34)23-10-5-4-6-11-23/h4-8,10-15H,9,16-20H2,1-3H3. The van der Waals surface area contributed by atoms with Crippen molar-refractivity contribution >= 4 is 40.5 Å². The van der Waals surface area contributed by atoms with Crippen LogP contribution in [0.5, 0.6) is 5.75 Å². The molecule has 4 rings (SSSR count). The molecule has 10 heteroatoms. The number of ether oxygens (including phenoxy) is 3. The first-order valence-corrected chi connectivity index (χ1v) is 13.6. The molecule has 0 radical (unpaired) electrons. The molecule has 0 aliphatic carbocycles. The van der Waals surface area contributed by atoms with Crippen LogP contribution in [0.1, 0.15) is 24.6 Å². The fourth-order valence-electron chi connectivity index (χ4n) is 4.01. The largest absolute Gasteiger partial charge is 0.493 e. The van der Waals surface area contributed by atoms with E-state index in [1.165, 1.54) is 18.7 Å². The molecule has 4 aromatic rings. The summed E-state index contributed by atoms with van der Waals surface area (Å²) in [5.74, 6) is 0.880. The van der Waals surface area contributed by atoms with Gasteiger partial charge in [0.15, 0.2) is 5.16 Å². The van der Waals surface area contributed by atoms with Gasteiger partial charge in [-0.3, -0.25) is 14.7 Å². The van der Waals surface area contributed by atoms with Crippen molar-refractivity contribution in [3.63, 3.8) is 0 Å². The first kappa shape index (κ1) is 28.1. The number of thioether (sulfide) groups is 1. The Morgan fingerprint density at radius 3 is 2.54 bits per heavy atom. The molecule has 1 amide bonds. The topological polar surface area (TPSA) is 95.8 Å². The van der Waals surface area contributed by atoms with Gasteiger partial charge >= 0.3 is 12.0 Å².